The van der Waals surface area contributed by atoms with Gasteiger partial charge in [0.2, 0.25) is 6.33 Å². The van der Waals surface area contributed by atoms with Crippen LogP contribution in [0.1, 0.15) is 17.2 Å². The van der Waals surface area contributed by atoms with E-state index in [1.807, 2.05) is 7.05 Å². The van der Waals surface area contributed by atoms with Crippen LogP contribution in [0.2, 0.25) is 0 Å². The Morgan fingerprint density at radius 1 is 0.842 bits per heavy atom. The minimum absolute atomic E-state index is 0.226. The Bertz CT molecular complexity index is 602. The summed E-state index contributed by atoms with van der Waals surface area (Å²) in [6, 6.07) is 21.4. The topological polar surface area (TPSA) is 8.81 Å². The van der Waals surface area contributed by atoms with Gasteiger partial charge in [-0.05, 0) is 0 Å². The molecule has 0 aliphatic heterocycles. The third-order valence-corrected chi connectivity index (χ3v) is 3.32. The van der Waals surface area contributed by atoms with Gasteiger partial charge in [-0.2, -0.15) is 0 Å². The molecular weight excluding hydrogens is 232 g/mol. The van der Waals surface area contributed by atoms with Crippen LogP contribution in [0.5, 0.6) is 0 Å². The molecule has 0 radical (unpaired) electrons. The van der Waals surface area contributed by atoms with Crippen molar-refractivity contribution in [3.63, 3.8) is 0 Å². The highest BCUT2D eigenvalue weighted by molar-refractivity contribution is 5.32. The molecule has 3 rings (SSSR count). The third kappa shape index (κ3) is 2.43. The molecule has 0 spiro atoms. The lowest BCUT2D eigenvalue weighted by Gasteiger charge is -2.14. The molecule has 0 aliphatic rings. The summed E-state index contributed by atoms with van der Waals surface area (Å²) in [5, 5.41) is 0. The van der Waals surface area contributed by atoms with Crippen LogP contribution in [-0.4, -0.2) is 4.57 Å². The molecule has 0 saturated carbocycles. The SMILES string of the molecule is C[n+]1ccn(C(c2ccccc2)c2ccccc2)c1. The quantitative estimate of drug-likeness (QED) is 0.631. The van der Waals surface area contributed by atoms with Gasteiger partial charge in [0.1, 0.15) is 12.4 Å². The number of imidazole rings is 1. The first-order chi connectivity index (χ1) is 9.34. The minimum Gasteiger partial charge on any atom is -0.240 e. The second kappa shape index (κ2) is 5.11. The number of rotatable bonds is 3. The van der Waals surface area contributed by atoms with Crippen molar-refractivity contribution in [2.75, 3.05) is 0 Å². The Labute approximate surface area is 113 Å². The molecule has 0 amide bonds. The minimum atomic E-state index is 0.226. The van der Waals surface area contributed by atoms with E-state index in [0.29, 0.717) is 0 Å². The molecule has 1 heterocycles. The maximum absolute atomic E-state index is 2.24. The largest absolute Gasteiger partial charge is 0.244 e. The van der Waals surface area contributed by atoms with Gasteiger partial charge in [-0.25, -0.2) is 9.13 Å². The van der Waals surface area contributed by atoms with Gasteiger partial charge in [0.25, 0.3) is 0 Å². The normalized spacial score (nSPS) is 10.8. The molecule has 0 aliphatic carbocycles. The van der Waals surface area contributed by atoms with Crippen LogP contribution < -0.4 is 4.57 Å². The fourth-order valence-corrected chi connectivity index (χ4v) is 2.43. The van der Waals surface area contributed by atoms with Crippen LogP contribution in [0, 0.1) is 0 Å². The summed E-state index contributed by atoms with van der Waals surface area (Å²) >= 11 is 0. The van der Waals surface area contributed by atoms with Crippen LogP contribution in [0.25, 0.3) is 0 Å². The first-order valence-electron chi connectivity index (χ1n) is 6.47. The predicted molar refractivity (Wildman–Crippen MR) is 75.7 cm³/mol. The molecule has 1 aromatic heterocycles. The van der Waals surface area contributed by atoms with E-state index < -0.39 is 0 Å². The highest BCUT2D eigenvalue weighted by Gasteiger charge is 2.20. The van der Waals surface area contributed by atoms with Crippen LogP contribution in [0.15, 0.2) is 79.4 Å². The van der Waals surface area contributed by atoms with Gasteiger partial charge in [-0.1, -0.05) is 60.7 Å². The van der Waals surface area contributed by atoms with Gasteiger partial charge in [0, 0.05) is 11.1 Å². The van der Waals surface area contributed by atoms with Crippen molar-refractivity contribution in [2.24, 2.45) is 7.05 Å². The van der Waals surface area contributed by atoms with E-state index in [1.54, 1.807) is 0 Å². The van der Waals surface area contributed by atoms with E-state index in [1.165, 1.54) is 11.1 Å². The van der Waals surface area contributed by atoms with E-state index in [-0.39, 0.29) is 6.04 Å². The zero-order valence-electron chi connectivity index (χ0n) is 11.0. The molecule has 0 N–H and O–H groups in total. The summed E-state index contributed by atoms with van der Waals surface area (Å²) < 4.78 is 4.31. The summed E-state index contributed by atoms with van der Waals surface area (Å²) in [5.74, 6) is 0. The smallest absolute Gasteiger partial charge is 0.240 e. The van der Waals surface area contributed by atoms with Crippen LogP contribution >= 0.6 is 0 Å². The third-order valence-electron chi connectivity index (χ3n) is 3.32. The van der Waals surface area contributed by atoms with E-state index in [4.69, 9.17) is 0 Å². The van der Waals surface area contributed by atoms with Gasteiger partial charge >= 0.3 is 0 Å². The van der Waals surface area contributed by atoms with Crippen LogP contribution in [0.3, 0.4) is 0 Å². The van der Waals surface area contributed by atoms with Gasteiger partial charge < -0.3 is 0 Å². The van der Waals surface area contributed by atoms with Crippen molar-refractivity contribution < 1.29 is 4.57 Å². The van der Waals surface area contributed by atoms with Crippen molar-refractivity contribution >= 4 is 0 Å². The van der Waals surface area contributed by atoms with E-state index in [0.717, 1.165) is 0 Å². The summed E-state index contributed by atoms with van der Waals surface area (Å²) in [6.07, 6.45) is 6.30. The molecule has 2 nitrogen and oxygen atoms in total. The fourth-order valence-electron chi connectivity index (χ4n) is 2.43. The average Bonchev–Trinajstić information content (AvgIpc) is 2.88. The van der Waals surface area contributed by atoms with Crippen molar-refractivity contribution in [1.82, 2.24) is 4.57 Å². The predicted octanol–water partition coefficient (Wildman–Crippen LogP) is 2.95. The molecule has 0 saturated heterocycles. The van der Waals surface area contributed by atoms with Crippen LogP contribution in [-0.2, 0) is 7.05 Å². The fraction of sp³-hybridized carbons (Fsp3) is 0.118. The molecule has 3 aromatic rings. The molecule has 0 bridgehead atoms. The average molecular weight is 249 g/mol. The standard InChI is InChI=1S/C17H17N2/c1-18-12-13-19(14-18)17(15-8-4-2-5-9-15)16-10-6-3-7-11-16/h2-14,17H,1H3/q+1. The molecule has 0 fully saturated rings. The van der Waals surface area contributed by atoms with E-state index in [2.05, 4.69) is 88.5 Å². The highest BCUT2D eigenvalue weighted by Crippen LogP contribution is 2.25. The van der Waals surface area contributed by atoms with Gasteiger partial charge in [-0.3, -0.25) is 0 Å². The number of nitrogens with zero attached hydrogens (tertiary/aromatic N) is 2. The molecular formula is C17H17N2+. The first-order valence-corrected chi connectivity index (χ1v) is 6.47. The summed E-state index contributed by atoms with van der Waals surface area (Å²) in [6.45, 7) is 0. The molecule has 94 valence electrons. The molecule has 19 heavy (non-hydrogen) atoms. The second-order valence-electron chi connectivity index (χ2n) is 4.75. The zero-order valence-corrected chi connectivity index (χ0v) is 11.0. The number of aryl methyl sites for hydroxylation is 1. The summed E-state index contributed by atoms with van der Waals surface area (Å²) in [5.41, 5.74) is 2.59. The monoisotopic (exact) mass is 249 g/mol. The van der Waals surface area contributed by atoms with Gasteiger partial charge in [-0.15, -0.1) is 0 Å². The van der Waals surface area contributed by atoms with Crippen LogP contribution in [0.4, 0.5) is 0 Å². The van der Waals surface area contributed by atoms with E-state index in [9.17, 15) is 0 Å². The summed E-state index contributed by atoms with van der Waals surface area (Å²) in [4.78, 5) is 0. The first kappa shape index (κ1) is 11.7. The number of aromatic nitrogens is 2. The lowest BCUT2D eigenvalue weighted by molar-refractivity contribution is -0.671. The second-order valence-corrected chi connectivity index (χ2v) is 4.75. The maximum atomic E-state index is 2.24. The Hall–Kier alpha value is -2.35. The van der Waals surface area contributed by atoms with Crippen molar-refractivity contribution in [1.29, 1.82) is 0 Å². The van der Waals surface area contributed by atoms with Gasteiger partial charge in [0.05, 0.1) is 7.05 Å². The Morgan fingerprint density at radius 2 is 1.37 bits per heavy atom. The highest BCUT2D eigenvalue weighted by atomic mass is 15.1. The lowest BCUT2D eigenvalue weighted by atomic mass is 9.99. The lowest BCUT2D eigenvalue weighted by Crippen LogP contribution is -2.24. The summed E-state index contributed by atoms with van der Waals surface area (Å²) in [7, 11) is 2.05. The van der Waals surface area contributed by atoms with Crippen molar-refractivity contribution in [2.45, 2.75) is 6.04 Å². The van der Waals surface area contributed by atoms with E-state index >= 15 is 0 Å². The Kier molecular flexibility index (Phi) is 3.15. The number of benzene rings is 2. The van der Waals surface area contributed by atoms with Gasteiger partial charge in [0.15, 0.2) is 6.04 Å². The Morgan fingerprint density at radius 3 is 1.79 bits per heavy atom. The number of hydrogen-bond donors (Lipinski definition) is 0. The molecule has 0 atom stereocenters. The maximum Gasteiger partial charge on any atom is 0.244 e. The number of hydrogen-bond acceptors (Lipinski definition) is 0. The molecule has 0 unspecified atom stereocenters. The van der Waals surface area contributed by atoms with Crippen molar-refractivity contribution in [3.8, 4) is 0 Å². The van der Waals surface area contributed by atoms with Crippen molar-refractivity contribution in [3.05, 3.63) is 90.5 Å². The Balaban J connectivity index is 2.11. The zero-order chi connectivity index (χ0) is 13.1. The molecule has 2 aromatic carbocycles. The molecule has 2 heteroatoms.